The first-order valence-electron chi connectivity index (χ1n) is 9.15. The highest BCUT2D eigenvalue weighted by molar-refractivity contribution is 7.89. The number of nitrogens with zero attached hydrogens (tertiary/aromatic N) is 1. The number of ether oxygens (including phenoxy) is 1. The first-order valence-corrected chi connectivity index (χ1v) is 10.8. The second-order valence-corrected chi connectivity index (χ2v) is 9.84. The summed E-state index contributed by atoms with van der Waals surface area (Å²) >= 11 is 0. The zero-order chi connectivity index (χ0) is 19.5. The van der Waals surface area contributed by atoms with E-state index in [-0.39, 0.29) is 17.7 Å². The van der Waals surface area contributed by atoms with Crippen molar-refractivity contribution < 1.29 is 17.9 Å². The second kappa shape index (κ2) is 7.96. The predicted molar refractivity (Wildman–Crippen MR) is 104 cm³/mol. The number of rotatable bonds is 8. The van der Waals surface area contributed by atoms with Crippen molar-refractivity contribution in [2.45, 2.75) is 65.0 Å². The number of nitrogens with two attached hydrogens (primary N) is 1. The summed E-state index contributed by atoms with van der Waals surface area (Å²) in [5, 5.41) is 0. The van der Waals surface area contributed by atoms with Crippen LogP contribution in [0.4, 0.5) is 0 Å². The normalized spacial score (nSPS) is 20.9. The fourth-order valence-electron chi connectivity index (χ4n) is 3.42. The molecule has 0 radical (unpaired) electrons. The van der Waals surface area contributed by atoms with Gasteiger partial charge in [0.05, 0.1) is 6.04 Å². The highest BCUT2D eigenvalue weighted by Gasteiger charge is 2.42. The fourth-order valence-corrected chi connectivity index (χ4v) is 4.75. The van der Waals surface area contributed by atoms with E-state index in [1.165, 1.54) is 0 Å². The molecule has 0 bridgehead atoms. The summed E-state index contributed by atoms with van der Waals surface area (Å²) in [5.41, 5.74) is 6.82. The molecule has 1 aliphatic heterocycles. The molecule has 0 aliphatic carbocycles. The zero-order valence-corrected chi connectivity index (χ0v) is 17.0. The molecule has 26 heavy (non-hydrogen) atoms. The van der Waals surface area contributed by atoms with E-state index in [2.05, 4.69) is 0 Å². The van der Waals surface area contributed by atoms with Crippen molar-refractivity contribution in [1.29, 1.82) is 0 Å². The minimum absolute atomic E-state index is 0.155. The van der Waals surface area contributed by atoms with Crippen LogP contribution in [0.3, 0.4) is 0 Å². The number of benzene rings is 1. The van der Waals surface area contributed by atoms with Gasteiger partial charge in [-0.15, -0.1) is 0 Å². The van der Waals surface area contributed by atoms with Gasteiger partial charge in [0.25, 0.3) is 0 Å². The summed E-state index contributed by atoms with van der Waals surface area (Å²) in [4.78, 5) is 11.0. The largest absolute Gasteiger partial charge is 0.487 e. The van der Waals surface area contributed by atoms with Gasteiger partial charge in [-0.3, -0.25) is 4.79 Å². The summed E-state index contributed by atoms with van der Waals surface area (Å²) in [6.45, 7) is 8.16. The molecule has 2 unspecified atom stereocenters. The predicted octanol–water partition coefficient (Wildman–Crippen LogP) is 3.06. The van der Waals surface area contributed by atoms with E-state index in [1.54, 1.807) is 11.2 Å². The molecule has 2 atom stereocenters. The molecule has 1 heterocycles. The third kappa shape index (κ3) is 4.98. The minimum Gasteiger partial charge on any atom is -0.487 e. The summed E-state index contributed by atoms with van der Waals surface area (Å²) < 4.78 is 31.4. The third-order valence-corrected chi connectivity index (χ3v) is 6.66. The molecular weight excluding hydrogens is 352 g/mol. The summed E-state index contributed by atoms with van der Waals surface area (Å²) in [6, 6.07) is 5.76. The number of amides is 1. The van der Waals surface area contributed by atoms with Gasteiger partial charge in [-0.2, -0.15) is 8.51 Å². The Balaban J connectivity index is 2.37. The molecule has 0 saturated carbocycles. The van der Waals surface area contributed by atoms with E-state index in [0.717, 1.165) is 16.9 Å². The number of carbonyl (C=O) groups excluding carboxylic acids is 1. The van der Waals surface area contributed by atoms with Crippen LogP contribution in [0.1, 0.15) is 63.6 Å². The number of hydrogen-bond donors (Lipinski definition) is 1. The number of hydrogen-bond acceptors (Lipinski definition) is 3. The molecule has 2 rings (SSSR count). The number of aryl methyl sites for hydroxylation is 1. The van der Waals surface area contributed by atoms with Crippen molar-refractivity contribution in [3.8, 4) is 5.75 Å². The Morgan fingerprint density at radius 3 is 2.73 bits per heavy atom. The first kappa shape index (κ1) is 20.7. The Bertz CT molecular complexity index is 759. The number of unbranched alkanes of at least 4 members (excludes halogenated alkanes) is 1. The van der Waals surface area contributed by atoms with Crippen LogP contribution in [0, 0.1) is 6.92 Å². The Labute approximate surface area is 156 Å². The van der Waals surface area contributed by atoms with Gasteiger partial charge in [-0.25, -0.2) is 4.21 Å². The molecule has 0 spiro atoms. The lowest BCUT2D eigenvalue weighted by Crippen LogP contribution is -2.44. The fraction of sp³-hybridized carbons (Fsp3) is 0.632. The van der Waals surface area contributed by atoms with E-state index in [9.17, 15) is 13.2 Å². The molecule has 1 aromatic carbocycles. The zero-order valence-electron chi connectivity index (χ0n) is 16.2. The van der Waals surface area contributed by atoms with Gasteiger partial charge in [-0.1, -0.05) is 17.7 Å². The van der Waals surface area contributed by atoms with Gasteiger partial charge < -0.3 is 10.5 Å². The minimum atomic E-state index is -3.15. The smallest absolute Gasteiger partial charge is 0.345 e. The quantitative estimate of drug-likeness (QED) is 0.552. The molecule has 1 amide bonds. The average molecular weight is 384 g/mol. The molecule has 0 fully saturated rings. The van der Waals surface area contributed by atoms with Crippen molar-refractivity contribution in [1.82, 2.24) is 4.31 Å². The molecule has 146 valence electrons. The molecule has 1 aromatic rings. The molecule has 0 saturated heterocycles. The van der Waals surface area contributed by atoms with Gasteiger partial charge in [0.15, 0.2) is 0 Å². The monoisotopic (exact) mass is 383 g/mol. The molecule has 6 nitrogen and oxygen atoms in total. The number of carbonyl (C=O) groups is 1. The van der Waals surface area contributed by atoms with Crippen LogP contribution in [0.2, 0.25) is 0 Å². The molecular formula is C19H31N2O4S+. The van der Waals surface area contributed by atoms with Crippen molar-refractivity contribution in [3.05, 3.63) is 29.3 Å². The van der Waals surface area contributed by atoms with Gasteiger partial charge in [-0.05, 0) is 46.6 Å². The van der Waals surface area contributed by atoms with E-state index >= 15 is 0 Å². The molecule has 0 aromatic heterocycles. The van der Waals surface area contributed by atoms with E-state index in [1.807, 2.05) is 39.0 Å². The van der Waals surface area contributed by atoms with Crippen molar-refractivity contribution in [2.75, 3.05) is 12.3 Å². The highest BCUT2D eigenvalue weighted by atomic mass is 32.2. The van der Waals surface area contributed by atoms with Crippen LogP contribution in [-0.2, 0) is 14.8 Å². The maximum absolute atomic E-state index is 12.9. The van der Waals surface area contributed by atoms with Crippen LogP contribution < -0.4 is 10.5 Å². The maximum atomic E-state index is 12.9. The Morgan fingerprint density at radius 1 is 1.42 bits per heavy atom. The van der Waals surface area contributed by atoms with Gasteiger partial charge >= 0.3 is 10.0 Å². The van der Waals surface area contributed by atoms with Crippen molar-refractivity contribution in [3.63, 3.8) is 0 Å². The van der Waals surface area contributed by atoms with Crippen LogP contribution >= 0.6 is 0 Å². The first-order chi connectivity index (χ1) is 12.1. The summed E-state index contributed by atoms with van der Waals surface area (Å²) in [6.07, 6.45) is 2.16. The van der Waals surface area contributed by atoms with Gasteiger partial charge in [0.2, 0.25) is 5.91 Å². The lowest BCUT2D eigenvalue weighted by Gasteiger charge is -2.41. The molecule has 7 heteroatoms. The Hall–Kier alpha value is -1.60. The van der Waals surface area contributed by atoms with E-state index in [0.29, 0.717) is 32.2 Å². The lowest BCUT2D eigenvalue weighted by atomic mass is 9.89. The molecule has 1 aliphatic rings. The summed E-state index contributed by atoms with van der Waals surface area (Å²) in [7, 11) is -3.15. The number of primary amides is 1. The van der Waals surface area contributed by atoms with Crippen molar-refractivity contribution >= 4 is 15.9 Å². The van der Waals surface area contributed by atoms with Crippen LogP contribution in [0.25, 0.3) is 0 Å². The Morgan fingerprint density at radius 2 is 2.12 bits per heavy atom. The topological polar surface area (TPSA) is 94.0 Å². The average Bonchev–Trinajstić information content (AvgIpc) is 2.53. The van der Waals surface area contributed by atoms with Crippen LogP contribution in [0.5, 0.6) is 5.75 Å². The Kier molecular flexibility index (Phi) is 6.34. The van der Waals surface area contributed by atoms with Gasteiger partial charge in [0.1, 0.15) is 17.1 Å². The summed E-state index contributed by atoms with van der Waals surface area (Å²) in [5.74, 6) is 0.581. The SMILES string of the molecule is CCS(=O)(=[OH+])N(CCCCC(N)=O)C1CC(C)(C)Oc2ccc(C)cc21. The standard InChI is InChI=1S/C19H30N2O4S/c1-5-26(23,24)21(11-7-6-8-18(20)22)16-13-19(3,4)25-17-10-9-14(2)12-15(16)17/h9-10,12,16H,5-8,11,13H2,1-4H3,(H2,20,22)/p+1. The van der Waals surface area contributed by atoms with Crippen LogP contribution in [0.15, 0.2) is 18.2 Å². The maximum Gasteiger partial charge on any atom is 0.345 e. The van der Waals surface area contributed by atoms with E-state index in [4.69, 9.17) is 10.5 Å². The highest BCUT2D eigenvalue weighted by Crippen LogP contribution is 2.44. The second-order valence-electron chi connectivity index (χ2n) is 7.58. The van der Waals surface area contributed by atoms with Crippen molar-refractivity contribution in [2.24, 2.45) is 5.73 Å². The van der Waals surface area contributed by atoms with Crippen LogP contribution in [-0.4, -0.2) is 36.5 Å². The lowest BCUT2D eigenvalue weighted by molar-refractivity contribution is -0.118. The number of fused-ring (bicyclic) bond motifs is 1. The van der Waals surface area contributed by atoms with Gasteiger partial charge in [0, 0.05) is 24.9 Å². The molecule has 3 N–H and O–H groups in total. The van der Waals surface area contributed by atoms with E-state index < -0.39 is 15.6 Å². The third-order valence-electron chi connectivity index (χ3n) is 4.74.